The first-order valence-electron chi connectivity index (χ1n) is 7.57. The van der Waals surface area contributed by atoms with Crippen LogP contribution < -0.4 is 10.9 Å². The maximum atomic E-state index is 12.6. The number of aryl methyl sites for hydroxylation is 2. The number of nitrogens with one attached hydrogen (secondary N) is 1. The average Bonchev–Trinajstić information content (AvgIpc) is 2.90. The Balaban J connectivity index is 1.83. The van der Waals surface area contributed by atoms with Gasteiger partial charge in [0.25, 0.3) is 5.56 Å². The van der Waals surface area contributed by atoms with E-state index in [9.17, 15) is 18.0 Å². The molecule has 1 amide bonds. The maximum Gasteiger partial charge on any atom is 0.262 e. The van der Waals surface area contributed by atoms with Crippen LogP contribution in [0.1, 0.15) is 23.8 Å². The minimum atomic E-state index is -3.11. The molecular weight excluding hydrogens is 350 g/mol. The summed E-state index contributed by atoms with van der Waals surface area (Å²) in [7, 11) is -3.11. The van der Waals surface area contributed by atoms with Crippen molar-refractivity contribution in [2.75, 3.05) is 11.5 Å². The van der Waals surface area contributed by atoms with E-state index in [1.54, 1.807) is 6.92 Å². The van der Waals surface area contributed by atoms with Crippen LogP contribution in [0.3, 0.4) is 0 Å². The molecule has 0 radical (unpaired) electrons. The average molecular weight is 369 g/mol. The van der Waals surface area contributed by atoms with Crippen LogP contribution in [0.2, 0.25) is 0 Å². The predicted molar refractivity (Wildman–Crippen MR) is 93.2 cm³/mol. The summed E-state index contributed by atoms with van der Waals surface area (Å²) in [5.41, 5.74) is -0.135. The highest BCUT2D eigenvalue weighted by Gasteiger charge is 2.39. The molecule has 0 saturated carbocycles. The molecule has 3 heterocycles. The molecule has 0 unspecified atom stereocenters. The molecule has 0 spiro atoms. The van der Waals surface area contributed by atoms with Crippen LogP contribution in [0, 0.1) is 13.8 Å². The highest BCUT2D eigenvalue weighted by molar-refractivity contribution is 7.91. The van der Waals surface area contributed by atoms with Crippen molar-refractivity contribution in [1.82, 2.24) is 14.9 Å². The van der Waals surface area contributed by atoms with E-state index in [0.29, 0.717) is 16.6 Å². The summed E-state index contributed by atoms with van der Waals surface area (Å²) >= 11 is 1.45. The zero-order valence-electron chi connectivity index (χ0n) is 13.7. The third kappa shape index (κ3) is 3.10. The number of thiophene rings is 1. The minimum Gasteiger partial charge on any atom is -0.348 e. The van der Waals surface area contributed by atoms with Crippen LogP contribution in [0.25, 0.3) is 10.2 Å². The normalized spacial score (nSPS) is 22.8. The molecule has 9 heteroatoms. The fourth-order valence-electron chi connectivity index (χ4n) is 3.02. The Labute approximate surface area is 143 Å². The number of fused-ring (bicyclic) bond motifs is 1. The van der Waals surface area contributed by atoms with Gasteiger partial charge in [0, 0.05) is 4.88 Å². The van der Waals surface area contributed by atoms with Gasteiger partial charge >= 0.3 is 0 Å². The molecule has 3 rings (SSSR count). The number of sulfone groups is 1. The van der Waals surface area contributed by atoms with Crippen LogP contribution in [-0.4, -0.2) is 40.9 Å². The van der Waals surface area contributed by atoms with Crippen molar-refractivity contribution in [2.45, 2.75) is 39.3 Å². The summed E-state index contributed by atoms with van der Waals surface area (Å²) in [6.45, 7) is 5.34. The van der Waals surface area contributed by atoms with Crippen LogP contribution >= 0.6 is 11.3 Å². The Hall–Kier alpha value is -1.74. The zero-order valence-corrected chi connectivity index (χ0v) is 15.4. The standard InChI is InChI=1S/C15H19N3O4S2/c1-9-10(2)23-13-12(9)14(20)18(8-16-13)6-11(19)17-15(3)4-5-24(21,22)7-15/h8H,4-7H2,1-3H3,(H,17,19)/t15-/m1/s1. The molecule has 1 atom stereocenters. The first kappa shape index (κ1) is 17.1. The van der Waals surface area contributed by atoms with Crippen molar-refractivity contribution < 1.29 is 13.2 Å². The van der Waals surface area contributed by atoms with Crippen molar-refractivity contribution in [2.24, 2.45) is 0 Å². The predicted octanol–water partition coefficient (Wildman–Crippen LogP) is 0.768. The van der Waals surface area contributed by atoms with Crippen LogP contribution in [0.5, 0.6) is 0 Å². The van der Waals surface area contributed by atoms with Gasteiger partial charge in [0.05, 0.1) is 28.8 Å². The third-order valence-electron chi connectivity index (χ3n) is 4.41. The molecule has 2 aromatic heterocycles. The number of hydrogen-bond donors (Lipinski definition) is 1. The Morgan fingerprint density at radius 1 is 1.46 bits per heavy atom. The van der Waals surface area contributed by atoms with Crippen LogP contribution in [-0.2, 0) is 21.2 Å². The second kappa shape index (κ2) is 5.66. The largest absolute Gasteiger partial charge is 0.348 e. The lowest BCUT2D eigenvalue weighted by Crippen LogP contribution is -2.48. The van der Waals surface area contributed by atoms with Gasteiger partial charge in [-0.3, -0.25) is 14.2 Å². The van der Waals surface area contributed by atoms with Gasteiger partial charge in [-0.15, -0.1) is 11.3 Å². The number of amides is 1. The van der Waals surface area contributed by atoms with Gasteiger partial charge in [-0.1, -0.05) is 0 Å². The van der Waals surface area contributed by atoms with Gasteiger partial charge < -0.3 is 5.32 Å². The second-order valence-electron chi connectivity index (χ2n) is 6.59. The van der Waals surface area contributed by atoms with Crippen molar-refractivity contribution in [3.8, 4) is 0 Å². The van der Waals surface area contributed by atoms with E-state index in [-0.39, 0.29) is 29.5 Å². The SMILES string of the molecule is Cc1sc2ncn(CC(=O)N[C@]3(C)CCS(=O)(=O)C3)c(=O)c2c1C. The monoisotopic (exact) mass is 369 g/mol. The van der Waals surface area contributed by atoms with E-state index in [0.717, 1.165) is 10.4 Å². The van der Waals surface area contributed by atoms with Crippen molar-refractivity contribution in [3.05, 3.63) is 27.1 Å². The molecule has 24 heavy (non-hydrogen) atoms. The highest BCUT2D eigenvalue weighted by Crippen LogP contribution is 2.25. The minimum absolute atomic E-state index is 0.0687. The van der Waals surface area contributed by atoms with E-state index >= 15 is 0 Å². The Morgan fingerprint density at radius 3 is 2.79 bits per heavy atom. The molecule has 1 N–H and O–H groups in total. The Morgan fingerprint density at radius 2 is 2.17 bits per heavy atom. The van der Waals surface area contributed by atoms with Gasteiger partial charge in [0.2, 0.25) is 5.91 Å². The van der Waals surface area contributed by atoms with Gasteiger partial charge in [-0.25, -0.2) is 13.4 Å². The van der Waals surface area contributed by atoms with E-state index in [1.807, 2.05) is 13.8 Å². The summed E-state index contributed by atoms with van der Waals surface area (Å²) in [4.78, 5) is 30.8. The number of carbonyl (C=O) groups is 1. The summed E-state index contributed by atoms with van der Waals surface area (Å²) in [6.07, 6.45) is 1.75. The molecule has 1 aliphatic heterocycles. The van der Waals surface area contributed by atoms with Crippen LogP contribution in [0.4, 0.5) is 0 Å². The summed E-state index contributed by atoms with van der Waals surface area (Å²) in [5.74, 6) is -0.381. The lowest BCUT2D eigenvalue weighted by Gasteiger charge is -2.24. The highest BCUT2D eigenvalue weighted by atomic mass is 32.2. The fraction of sp³-hybridized carbons (Fsp3) is 0.533. The molecule has 7 nitrogen and oxygen atoms in total. The fourth-order valence-corrected chi connectivity index (χ4v) is 6.10. The Kier molecular flexibility index (Phi) is 4.03. The van der Waals surface area contributed by atoms with Crippen molar-refractivity contribution in [3.63, 3.8) is 0 Å². The smallest absolute Gasteiger partial charge is 0.262 e. The number of carbonyl (C=O) groups excluding carboxylic acids is 1. The number of rotatable bonds is 3. The van der Waals surface area contributed by atoms with Gasteiger partial charge in [0.1, 0.15) is 11.4 Å². The topological polar surface area (TPSA) is 98.1 Å². The first-order chi connectivity index (χ1) is 11.1. The molecule has 1 fully saturated rings. The van der Waals surface area contributed by atoms with Crippen molar-refractivity contribution >= 4 is 37.3 Å². The molecule has 2 aromatic rings. The molecule has 0 aromatic carbocycles. The van der Waals surface area contributed by atoms with Crippen LogP contribution in [0.15, 0.2) is 11.1 Å². The van der Waals surface area contributed by atoms with Gasteiger partial charge in [0.15, 0.2) is 9.84 Å². The summed E-state index contributed by atoms with van der Waals surface area (Å²) in [5, 5.41) is 3.30. The van der Waals surface area contributed by atoms with Gasteiger partial charge in [-0.05, 0) is 32.8 Å². The van der Waals surface area contributed by atoms with E-state index in [4.69, 9.17) is 0 Å². The summed E-state index contributed by atoms with van der Waals surface area (Å²) < 4.78 is 24.5. The van der Waals surface area contributed by atoms with E-state index in [2.05, 4.69) is 10.3 Å². The quantitative estimate of drug-likeness (QED) is 0.862. The Bertz CT molecular complexity index is 990. The first-order valence-corrected chi connectivity index (χ1v) is 10.2. The van der Waals surface area contributed by atoms with Gasteiger partial charge in [-0.2, -0.15) is 0 Å². The molecular formula is C15H19N3O4S2. The number of nitrogens with zero attached hydrogens (tertiary/aromatic N) is 2. The lowest BCUT2D eigenvalue weighted by atomic mass is 10.0. The third-order valence-corrected chi connectivity index (χ3v) is 7.43. The number of hydrogen-bond acceptors (Lipinski definition) is 6. The number of aromatic nitrogens is 2. The maximum absolute atomic E-state index is 12.6. The summed E-state index contributed by atoms with van der Waals surface area (Å²) in [6, 6.07) is 0. The van der Waals surface area contributed by atoms with E-state index in [1.165, 1.54) is 22.2 Å². The van der Waals surface area contributed by atoms with Crippen molar-refractivity contribution in [1.29, 1.82) is 0 Å². The second-order valence-corrected chi connectivity index (χ2v) is 9.98. The van der Waals surface area contributed by atoms with E-state index < -0.39 is 15.4 Å². The molecule has 0 aliphatic carbocycles. The molecule has 1 saturated heterocycles. The molecule has 1 aliphatic rings. The lowest BCUT2D eigenvalue weighted by molar-refractivity contribution is -0.123. The molecule has 130 valence electrons. The molecule has 0 bridgehead atoms. The zero-order chi connectivity index (χ0) is 17.7.